The van der Waals surface area contributed by atoms with Gasteiger partial charge in [0.2, 0.25) is 0 Å². The Morgan fingerprint density at radius 3 is 1.25 bits per heavy atom. The van der Waals surface area contributed by atoms with Crippen LogP contribution in [0.2, 0.25) is 0 Å². The summed E-state index contributed by atoms with van der Waals surface area (Å²) < 4.78 is 11.2. The Hall–Kier alpha value is -2.29. The molecule has 1 unspecified atom stereocenters. The van der Waals surface area contributed by atoms with Crippen molar-refractivity contribution in [1.29, 1.82) is 0 Å². The molecule has 0 fully saturated rings. The smallest absolute Gasteiger partial charge is 0.334 e. The van der Waals surface area contributed by atoms with Crippen molar-refractivity contribution in [3.8, 4) is 5.75 Å². The summed E-state index contributed by atoms with van der Waals surface area (Å²) in [5.74, 6) is -1.50. The van der Waals surface area contributed by atoms with Crippen LogP contribution in [0.4, 0.5) is 0 Å². The first-order chi connectivity index (χ1) is 20.8. The maximum absolute atomic E-state index is 10.8. The first kappa shape index (κ1) is 60.8. The summed E-state index contributed by atoms with van der Waals surface area (Å²) in [5, 5.41) is 79.4. The van der Waals surface area contributed by atoms with Gasteiger partial charge in [0.1, 0.15) is 5.75 Å². The summed E-state index contributed by atoms with van der Waals surface area (Å²) in [4.78, 5) is 10.8. The number of unbranched alkanes of at least 4 members (excludes halogenated alkanes) is 1. The molecular formula is C32H53O12. The first-order valence-corrected chi connectivity index (χ1v) is 12.9. The summed E-state index contributed by atoms with van der Waals surface area (Å²) in [6.45, 7) is 28.9. The number of hydrogen-bond acceptors (Lipinski definition) is 3. The second-order valence-electron chi connectivity index (χ2n) is 6.29. The van der Waals surface area contributed by atoms with E-state index in [9.17, 15) is 4.79 Å². The van der Waals surface area contributed by atoms with Gasteiger partial charge in [0.25, 0.3) is 5.79 Å². The van der Waals surface area contributed by atoms with Crippen LogP contribution >= 0.6 is 0 Å². The summed E-state index contributed by atoms with van der Waals surface area (Å²) in [6, 6.07) is 9.22. The van der Waals surface area contributed by atoms with Crippen LogP contribution < -0.4 is 4.74 Å². The van der Waals surface area contributed by atoms with E-state index in [4.69, 9.17) is 55.4 Å². The van der Waals surface area contributed by atoms with Gasteiger partial charge in [-0.2, -0.15) is 0 Å². The van der Waals surface area contributed by atoms with Gasteiger partial charge < -0.3 is 14.6 Å². The van der Waals surface area contributed by atoms with E-state index in [1.807, 2.05) is 30.3 Å². The van der Waals surface area contributed by atoms with Crippen LogP contribution in [0.1, 0.15) is 33.1 Å². The second kappa shape index (κ2) is 63.8. The van der Waals surface area contributed by atoms with Crippen LogP contribution in [-0.4, -0.2) is 69.7 Å². The fourth-order valence-corrected chi connectivity index (χ4v) is 1.53. The summed E-state index contributed by atoms with van der Waals surface area (Å²) >= 11 is 0. The van der Waals surface area contributed by atoms with Crippen molar-refractivity contribution in [3.05, 3.63) is 104 Å². The zero-order valence-corrected chi connectivity index (χ0v) is 26.5. The number of rotatable bonds is 8. The number of carbonyl (C=O) groups is 1. The van der Waals surface area contributed by atoms with Crippen LogP contribution in [0.15, 0.2) is 42.2 Å². The summed E-state index contributed by atoms with van der Waals surface area (Å²) in [5.41, 5.74) is 0.103. The molecule has 0 bridgehead atoms. The number of carboxylic acid groups (broad SMARTS) is 1. The Bertz CT molecular complexity index is 564. The van der Waals surface area contributed by atoms with Crippen LogP contribution in [-0.2, 0) is 50.4 Å². The topological polar surface area (TPSA) is 215 Å². The fourth-order valence-electron chi connectivity index (χ4n) is 1.53. The number of carboxylic acids is 1. The van der Waals surface area contributed by atoms with Crippen molar-refractivity contribution < 1.29 is 60.2 Å². The van der Waals surface area contributed by atoms with Crippen molar-refractivity contribution >= 4 is 5.97 Å². The quantitative estimate of drug-likeness (QED) is 0.214. The van der Waals surface area contributed by atoms with E-state index in [2.05, 4.69) is 69.2 Å². The van der Waals surface area contributed by atoms with E-state index in [-0.39, 0.29) is 58.4 Å². The molecular weight excluding hydrogens is 576 g/mol. The number of aliphatic carboxylic acids is 1. The van der Waals surface area contributed by atoms with E-state index >= 15 is 0 Å². The molecule has 44 heavy (non-hydrogen) atoms. The Morgan fingerprint density at radius 1 is 0.705 bits per heavy atom. The van der Waals surface area contributed by atoms with Crippen LogP contribution in [0.5, 0.6) is 5.75 Å². The lowest BCUT2D eigenvalue weighted by atomic mass is 10.1. The maximum atomic E-state index is 10.8. The van der Waals surface area contributed by atoms with Gasteiger partial charge in [0, 0.05) is 13.3 Å². The Morgan fingerprint density at radius 2 is 1.00 bits per heavy atom. The molecule has 0 aliphatic rings. The minimum atomic E-state index is -1.12. The standard InChI is InChI=1S/C16H21O4.8C2H4O/c1-4-5-11-16(3,19-12-13(2)15(17)18)20-14-9-7-6-8-10-14;8*1-2-3/h6-10,12H,3-5,11H2,1-2H3,(H,17,18);8*1-2H2. The number of para-hydroxylation sites is 1. The maximum Gasteiger partial charge on any atom is 0.334 e. The van der Waals surface area contributed by atoms with Gasteiger partial charge in [-0.1, -0.05) is 31.5 Å². The van der Waals surface area contributed by atoms with Crippen LogP contribution in [0, 0.1) is 62.3 Å². The van der Waals surface area contributed by atoms with Crippen LogP contribution in [0.25, 0.3) is 0 Å². The van der Waals surface area contributed by atoms with E-state index in [0.717, 1.165) is 12.8 Å². The molecule has 0 amide bonds. The lowest BCUT2D eigenvalue weighted by Crippen LogP contribution is -2.34. The third-order valence-electron chi connectivity index (χ3n) is 2.75. The Kier molecular flexibility index (Phi) is 88.3. The van der Waals surface area contributed by atoms with Gasteiger partial charge >= 0.3 is 5.97 Å². The molecule has 0 aliphatic carbocycles. The van der Waals surface area contributed by atoms with E-state index < -0.39 is 11.8 Å². The molecule has 0 saturated carbocycles. The number of benzene rings is 1. The van der Waals surface area contributed by atoms with Gasteiger partial charge in [-0.25, -0.2) is 45.6 Å². The molecule has 17 radical (unpaired) electrons. The highest BCUT2D eigenvalue weighted by atomic mass is 16.7. The Balaban J connectivity index is -0.0000000734. The van der Waals surface area contributed by atoms with Crippen molar-refractivity contribution in [2.24, 2.45) is 0 Å². The lowest BCUT2D eigenvalue weighted by molar-refractivity contribution is -0.134. The third kappa shape index (κ3) is 90.0. The van der Waals surface area contributed by atoms with Gasteiger partial charge in [-0.15, -0.1) is 0 Å². The predicted octanol–water partition coefficient (Wildman–Crippen LogP) is 5.80. The van der Waals surface area contributed by atoms with Crippen LogP contribution in [0.3, 0.4) is 0 Å². The normalized spacial score (nSPS) is 9.84. The van der Waals surface area contributed by atoms with Crippen molar-refractivity contribution in [1.82, 2.24) is 0 Å². The van der Waals surface area contributed by atoms with Crippen molar-refractivity contribution in [2.45, 2.75) is 38.9 Å². The molecule has 12 nitrogen and oxygen atoms in total. The molecule has 0 spiro atoms. The van der Waals surface area contributed by atoms with Crippen molar-refractivity contribution in [3.63, 3.8) is 0 Å². The van der Waals surface area contributed by atoms with Gasteiger partial charge in [0.05, 0.1) is 64.7 Å². The second-order valence-corrected chi connectivity index (χ2v) is 6.29. The molecule has 1 N–H and O–H groups in total. The zero-order valence-electron chi connectivity index (χ0n) is 26.5. The molecule has 0 saturated heterocycles. The molecule has 1 atom stereocenters. The molecule has 0 aliphatic heterocycles. The first-order valence-electron chi connectivity index (χ1n) is 12.9. The zero-order chi connectivity index (χ0) is 36.7. The van der Waals surface area contributed by atoms with E-state index in [1.54, 1.807) is 0 Å². The number of hydrogen-bond donors (Lipinski definition) is 1. The number of ether oxygens (including phenoxy) is 2. The largest absolute Gasteiger partial charge is 0.478 e. The van der Waals surface area contributed by atoms with E-state index in [0.29, 0.717) is 12.2 Å². The fraction of sp³-hybridized carbons (Fsp3) is 0.438. The lowest BCUT2D eigenvalue weighted by Gasteiger charge is -2.29. The highest BCUT2D eigenvalue weighted by Crippen LogP contribution is 2.24. The summed E-state index contributed by atoms with van der Waals surface area (Å²) in [6.07, 6.45) is 3.60. The third-order valence-corrected chi connectivity index (χ3v) is 2.75. The van der Waals surface area contributed by atoms with Gasteiger partial charge in [-0.3, -0.25) is 0 Å². The monoisotopic (exact) mass is 629 g/mol. The highest BCUT2D eigenvalue weighted by Gasteiger charge is 2.27. The molecule has 1 aromatic carbocycles. The average Bonchev–Trinajstić information content (AvgIpc) is 2.95. The van der Waals surface area contributed by atoms with Gasteiger partial charge in [0.15, 0.2) is 0 Å². The summed E-state index contributed by atoms with van der Waals surface area (Å²) in [7, 11) is 0. The molecule has 253 valence electrons. The van der Waals surface area contributed by atoms with E-state index in [1.165, 1.54) is 13.2 Å². The molecule has 0 heterocycles. The van der Waals surface area contributed by atoms with Gasteiger partial charge in [-0.05, 0) is 80.9 Å². The SMILES string of the molecule is [CH2]C(CCCC)(OC=C(C)C(=O)O)Oc1ccccc1.[CH2]C[O].[CH2]C[O].[CH2]C[O].[CH2]C[O].[CH2]C[O].[CH2]C[O].[CH2]C[O].[CH2]C[O]. The molecule has 12 heteroatoms. The molecule has 1 aromatic rings. The molecule has 1 rings (SSSR count). The Labute approximate surface area is 268 Å². The minimum Gasteiger partial charge on any atom is -0.478 e. The van der Waals surface area contributed by atoms with Crippen molar-refractivity contribution in [2.75, 3.05) is 52.9 Å². The highest BCUT2D eigenvalue weighted by molar-refractivity contribution is 5.85. The predicted molar refractivity (Wildman–Crippen MR) is 164 cm³/mol. The molecule has 0 aromatic heterocycles. The minimum absolute atomic E-state index is 0.103. The average molecular weight is 630 g/mol.